The van der Waals surface area contributed by atoms with Gasteiger partial charge in [-0.3, -0.25) is 14.9 Å². The second kappa shape index (κ2) is 10.1. The summed E-state index contributed by atoms with van der Waals surface area (Å²) in [6.07, 6.45) is 2.50. The van der Waals surface area contributed by atoms with Crippen molar-refractivity contribution in [2.24, 2.45) is 4.99 Å². The molecule has 1 N–H and O–H groups in total. The third kappa shape index (κ3) is 5.15. The molecular formula is C23H24N4O2S2. The predicted octanol–water partition coefficient (Wildman–Crippen LogP) is 4.83. The molecule has 2 aromatic carbocycles. The van der Waals surface area contributed by atoms with E-state index in [1.165, 1.54) is 21.6 Å². The number of rotatable bonds is 9. The van der Waals surface area contributed by atoms with Crippen LogP contribution in [0.25, 0.3) is 15.3 Å². The Hall–Kier alpha value is -2.68. The van der Waals surface area contributed by atoms with E-state index in [1.54, 1.807) is 25.1 Å². The molecule has 6 nitrogen and oxygen atoms in total. The van der Waals surface area contributed by atoms with Gasteiger partial charge in [0.25, 0.3) is 5.56 Å². The smallest absolute Gasteiger partial charge is 0.282 e. The van der Waals surface area contributed by atoms with Gasteiger partial charge in [0.1, 0.15) is 0 Å². The Bertz CT molecular complexity index is 1210. The summed E-state index contributed by atoms with van der Waals surface area (Å²) in [6.45, 7) is 3.34. The second-order valence-corrected chi connectivity index (χ2v) is 9.15. The number of nitrogens with one attached hydrogen (secondary N) is 1. The van der Waals surface area contributed by atoms with Crippen molar-refractivity contribution < 1.29 is 4.74 Å². The van der Waals surface area contributed by atoms with E-state index in [2.05, 4.69) is 46.3 Å². The molecule has 0 aliphatic rings. The fourth-order valence-electron chi connectivity index (χ4n) is 3.08. The molecular weight excluding hydrogens is 428 g/mol. The normalized spacial score (nSPS) is 11.7. The summed E-state index contributed by atoms with van der Waals surface area (Å²) in [4.78, 5) is 23.5. The van der Waals surface area contributed by atoms with Gasteiger partial charge < -0.3 is 4.74 Å². The number of aliphatic imine (C=N–C) groups is 1. The average molecular weight is 453 g/mol. The zero-order valence-electron chi connectivity index (χ0n) is 17.5. The highest BCUT2D eigenvalue weighted by molar-refractivity contribution is 7.98. The molecule has 0 saturated heterocycles. The van der Waals surface area contributed by atoms with Gasteiger partial charge in [0.2, 0.25) is 5.13 Å². The first-order valence-corrected chi connectivity index (χ1v) is 11.8. The summed E-state index contributed by atoms with van der Waals surface area (Å²) < 4.78 is 7.65. The van der Waals surface area contributed by atoms with Gasteiger partial charge in [-0.15, -0.1) is 11.8 Å². The van der Waals surface area contributed by atoms with Crippen molar-refractivity contribution in [3.63, 3.8) is 0 Å². The van der Waals surface area contributed by atoms with Crippen molar-refractivity contribution in [2.75, 3.05) is 20.3 Å². The Morgan fingerprint density at radius 3 is 2.81 bits per heavy atom. The molecule has 0 spiro atoms. The Morgan fingerprint density at radius 1 is 1.23 bits per heavy atom. The van der Waals surface area contributed by atoms with Crippen molar-refractivity contribution in [1.82, 2.24) is 14.8 Å². The highest BCUT2D eigenvalue weighted by Gasteiger charge is 2.16. The maximum Gasteiger partial charge on any atom is 0.282 e. The van der Waals surface area contributed by atoms with Crippen molar-refractivity contribution in [2.45, 2.75) is 24.0 Å². The van der Waals surface area contributed by atoms with Gasteiger partial charge in [-0.1, -0.05) is 41.2 Å². The monoisotopic (exact) mass is 452 g/mol. The number of thioether (sulfide) groups is 1. The Balaban J connectivity index is 1.64. The second-order valence-electron chi connectivity index (χ2n) is 7.09. The minimum atomic E-state index is -0.131. The summed E-state index contributed by atoms with van der Waals surface area (Å²) in [5.74, 6) is 0.635. The maximum absolute atomic E-state index is 13.2. The van der Waals surface area contributed by atoms with E-state index in [9.17, 15) is 4.79 Å². The standard InChI is InChI=1S/C23H24N4O2S2/c1-16-8-10-17(11-9-16)30-15-20-18(14-24-12-5-13-29-2)22(28)27(26-20)23-25-19-6-3-4-7-21(19)31-23/h3-4,6-11,14,26H,5,12-13,15H2,1-2H3. The lowest BCUT2D eigenvalue weighted by molar-refractivity contribution is 0.197. The third-order valence-electron chi connectivity index (χ3n) is 4.74. The molecule has 31 heavy (non-hydrogen) atoms. The van der Waals surface area contributed by atoms with Crippen LogP contribution in [0.5, 0.6) is 0 Å². The van der Waals surface area contributed by atoms with Crippen LogP contribution in [0.15, 0.2) is 63.2 Å². The Morgan fingerprint density at radius 2 is 2.03 bits per heavy atom. The van der Waals surface area contributed by atoms with Crippen LogP contribution in [-0.4, -0.2) is 41.2 Å². The van der Waals surface area contributed by atoms with Crippen molar-refractivity contribution in [3.8, 4) is 5.13 Å². The lowest BCUT2D eigenvalue weighted by Gasteiger charge is -2.02. The molecule has 2 aromatic heterocycles. The molecule has 160 valence electrons. The number of aromatic amines is 1. The maximum atomic E-state index is 13.2. The summed E-state index contributed by atoms with van der Waals surface area (Å²) in [5, 5.41) is 3.91. The number of methoxy groups -OCH3 is 1. The van der Waals surface area contributed by atoms with Crippen LogP contribution in [0.2, 0.25) is 0 Å². The number of hydrogen-bond donors (Lipinski definition) is 1. The van der Waals surface area contributed by atoms with Gasteiger partial charge in [-0.2, -0.15) is 4.68 Å². The molecule has 0 atom stereocenters. The van der Waals surface area contributed by atoms with Gasteiger partial charge in [0, 0.05) is 37.1 Å². The molecule has 0 bridgehead atoms. The number of hydrogen-bond acceptors (Lipinski definition) is 6. The summed E-state index contributed by atoms with van der Waals surface area (Å²) in [5.41, 5.74) is 3.40. The van der Waals surface area contributed by atoms with Crippen LogP contribution >= 0.6 is 23.1 Å². The molecule has 0 radical (unpaired) electrons. The van der Waals surface area contributed by atoms with E-state index in [-0.39, 0.29) is 5.56 Å². The zero-order chi connectivity index (χ0) is 21.6. The molecule has 8 heteroatoms. The first-order valence-electron chi connectivity index (χ1n) is 10.0. The molecule has 0 amide bonds. The fourth-order valence-corrected chi connectivity index (χ4v) is 4.86. The predicted molar refractivity (Wildman–Crippen MR) is 129 cm³/mol. The van der Waals surface area contributed by atoms with Gasteiger partial charge in [-0.25, -0.2) is 4.98 Å². The van der Waals surface area contributed by atoms with Crippen molar-refractivity contribution in [1.29, 1.82) is 0 Å². The number of para-hydroxylation sites is 1. The van der Waals surface area contributed by atoms with Crippen molar-refractivity contribution >= 4 is 39.5 Å². The van der Waals surface area contributed by atoms with E-state index in [1.807, 2.05) is 24.3 Å². The molecule has 0 unspecified atom stereocenters. The van der Waals surface area contributed by atoms with E-state index in [0.29, 0.717) is 29.6 Å². The number of aryl methyl sites for hydroxylation is 1. The largest absolute Gasteiger partial charge is 0.385 e. The highest BCUT2D eigenvalue weighted by Crippen LogP contribution is 2.26. The Kier molecular flexibility index (Phi) is 7.01. The summed E-state index contributed by atoms with van der Waals surface area (Å²) >= 11 is 3.17. The molecule has 0 fully saturated rings. The van der Waals surface area contributed by atoms with Gasteiger partial charge >= 0.3 is 0 Å². The van der Waals surface area contributed by atoms with Crippen molar-refractivity contribution in [3.05, 3.63) is 75.7 Å². The SMILES string of the molecule is COCCCN=Cc1c(CSc2ccc(C)cc2)[nH]n(-c2nc3ccccc3s2)c1=O. The number of nitrogens with zero attached hydrogens (tertiary/aromatic N) is 3. The lowest BCUT2D eigenvalue weighted by atomic mass is 10.2. The van der Waals surface area contributed by atoms with E-state index >= 15 is 0 Å². The van der Waals surface area contributed by atoms with E-state index in [0.717, 1.165) is 27.2 Å². The lowest BCUT2D eigenvalue weighted by Crippen LogP contribution is -2.17. The molecule has 4 aromatic rings. The topological polar surface area (TPSA) is 72.3 Å². The molecule has 0 aliphatic carbocycles. The van der Waals surface area contributed by atoms with Crippen LogP contribution in [0.1, 0.15) is 23.2 Å². The van der Waals surface area contributed by atoms with E-state index < -0.39 is 0 Å². The minimum Gasteiger partial charge on any atom is -0.385 e. The quantitative estimate of drug-likeness (QED) is 0.224. The molecule has 4 rings (SSSR count). The van der Waals surface area contributed by atoms with Gasteiger partial charge in [0.15, 0.2) is 0 Å². The summed E-state index contributed by atoms with van der Waals surface area (Å²) in [6, 6.07) is 16.3. The highest BCUT2D eigenvalue weighted by atomic mass is 32.2. The van der Waals surface area contributed by atoms with Gasteiger partial charge in [0.05, 0.1) is 21.5 Å². The van der Waals surface area contributed by atoms with Crippen LogP contribution in [0.3, 0.4) is 0 Å². The first kappa shape index (κ1) is 21.5. The third-order valence-corrected chi connectivity index (χ3v) is 6.80. The van der Waals surface area contributed by atoms with Crippen LogP contribution in [0.4, 0.5) is 0 Å². The first-order chi connectivity index (χ1) is 15.2. The number of H-pyrrole nitrogens is 1. The minimum absolute atomic E-state index is 0.131. The fraction of sp³-hybridized carbons (Fsp3) is 0.261. The number of aromatic nitrogens is 3. The molecule has 0 saturated carbocycles. The average Bonchev–Trinajstić information content (AvgIpc) is 3.34. The van der Waals surface area contributed by atoms with Crippen LogP contribution in [-0.2, 0) is 10.5 Å². The number of thiazole rings is 1. The number of ether oxygens (including phenoxy) is 1. The molecule has 0 aliphatic heterocycles. The summed E-state index contributed by atoms with van der Waals surface area (Å²) in [7, 11) is 1.67. The van der Waals surface area contributed by atoms with Gasteiger partial charge in [-0.05, 0) is 37.6 Å². The number of fused-ring (bicyclic) bond motifs is 1. The Labute approximate surface area is 189 Å². The molecule has 2 heterocycles. The zero-order valence-corrected chi connectivity index (χ0v) is 19.1. The van der Waals surface area contributed by atoms with E-state index in [4.69, 9.17) is 4.74 Å². The number of benzene rings is 2. The van der Waals surface area contributed by atoms with Crippen LogP contribution in [0, 0.1) is 6.92 Å². The van der Waals surface area contributed by atoms with Crippen LogP contribution < -0.4 is 5.56 Å².